The molecule has 0 radical (unpaired) electrons. The van der Waals surface area contributed by atoms with Crippen LogP contribution in [0.5, 0.6) is 0 Å². The van der Waals surface area contributed by atoms with Crippen LogP contribution < -0.4 is 5.73 Å². The van der Waals surface area contributed by atoms with Gasteiger partial charge in [0.1, 0.15) is 0 Å². The highest BCUT2D eigenvalue weighted by Gasteiger charge is 2.37. The van der Waals surface area contributed by atoms with E-state index in [2.05, 4.69) is 87.3 Å². The highest BCUT2D eigenvalue weighted by Crippen LogP contribution is 2.47. The summed E-state index contributed by atoms with van der Waals surface area (Å²) >= 11 is 0. The van der Waals surface area contributed by atoms with Crippen LogP contribution in [-0.4, -0.2) is 4.98 Å². The molecule has 1 saturated carbocycles. The van der Waals surface area contributed by atoms with Crippen LogP contribution in [0.25, 0.3) is 22.4 Å². The first-order valence-electron chi connectivity index (χ1n) is 11.7. The van der Waals surface area contributed by atoms with Crippen LogP contribution in [0.1, 0.15) is 76.5 Å². The average molecular weight is 484 g/mol. The molecular weight excluding hydrogens is 447 g/mol. The monoisotopic (exact) mass is 482 g/mol. The van der Waals surface area contributed by atoms with Gasteiger partial charge < -0.3 is 5.73 Å². The molecule has 176 valence electrons. The Balaban J connectivity index is 0.00000153. The average Bonchev–Trinajstić information content (AvgIpc) is 2.75. The maximum absolute atomic E-state index is 6.49. The van der Waals surface area contributed by atoms with E-state index in [1.54, 1.807) is 0 Å². The Bertz CT molecular complexity index is 1130. The summed E-state index contributed by atoms with van der Waals surface area (Å²) in [7, 11) is 0. The first-order chi connectivity index (χ1) is 14.7. The molecule has 2 aliphatic rings. The number of pyridine rings is 1. The van der Waals surface area contributed by atoms with Crippen LogP contribution in [0.15, 0.2) is 60.8 Å². The van der Waals surface area contributed by atoms with Gasteiger partial charge in [-0.1, -0.05) is 70.2 Å². The normalized spacial score (nSPS) is 19.3. The molecule has 1 fully saturated rings. The van der Waals surface area contributed by atoms with E-state index in [1.807, 2.05) is 6.20 Å². The van der Waals surface area contributed by atoms with E-state index >= 15 is 0 Å². The molecule has 1 aromatic heterocycles. The minimum atomic E-state index is -0.114. The lowest BCUT2D eigenvalue weighted by Crippen LogP contribution is -2.43. The van der Waals surface area contributed by atoms with Gasteiger partial charge in [-0.2, -0.15) is 0 Å². The number of benzene rings is 2. The molecule has 0 bridgehead atoms. The van der Waals surface area contributed by atoms with Crippen LogP contribution in [-0.2, 0) is 16.4 Å². The Labute approximate surface area is 211 Å². The van der Waals surface area contributed by atoms with Crippen LogP contribution >= 0.6 is 24.8 Å². The summed E-state index contributed by atoms with van der Waals surface area (Å²) in [5.41, 5.74) is 15.8. The third-order valence-electron chi connectivity index (χ3n) is 7.95. The molecule has 2 aliphatic carbocycles. The lowest BCUT2D eigenvalue weighted by Gasteiger charge is -2.42. The molecule has 1 heterocycles. The highest BCUT2D eigenvalue weighted by atomic mass is 35.5. The molecule has 0 spiro atoms. The zero-order valence-corrected chi connectivity index (χ0v) is 21.8. The molecule has 2 N–H and O–H groups in total. The largest absolute Gasteiger partial charge is 0.321 e. The molecule has 4 heteroatoms. The van der Waals surface area contributed by atoms with Crippen LogP contribution in [0.3, 0.4) is 0 Å². The van der Waals surface area contributed by atoms with Crippen molar-refractivity contribution in [2.24, 2.45) is 5.73 Å². The molecule has 0 atom stereocenters. The SMILES string of the molecule is CC1(C)CCC(C)(C)c2cc(-c3ccnc(-c4ccc(C5(N)CCC5)cc4)c3)ccc21.Cl.Cl. The smallest absolute Gasteiger partial charge is 0.0708 e. The van der Waals surface area contributed by atoms with Crippen LogP contribution in [0.2, 0.25) is 0 Å². The summed E-state index contributed by atoms with van der Waals surface area (Å²) < 4.78 is 0. The van der Waals surface area contributed by atoms with Gasteiger partial charge in [-0.3, -0.25) is 4.98 Å². The molecule has 33 heavy (non-hydrogen) atoms. The first-order valence-corrected chi connectivity index (χ1v) is 11.7. The lowest BCUT2D eigenvalue weighted by molar-refractivity contribution is 0.253. The van der Waals surface area contributed by atoms with Crippen LogP contribution in [0.4, 0.5) is 0 Å². The molecule has 0 unspecified atom stereocenters. The van der Waals surface area contributed by atoms with Gasteiger partial charge in [-0.25, -0.2) is 0 Å². The molecule has 3 aromatic rings. The second kappa shape index (κ2) is 9.06. The van der Waals surface area contributed by atoms with E-state index < -0.39 is 0 Å². The quantitative estimate of drug-likeness (QED) is 0.411. The summed E-state index contributed by atoms with van der Waals surface area (Å²) in [6.07, 6.45) is 7.82. The van der Waals surface area contributed by atoms with E-state index in [0.717, 1.165) is 24.1 Å². The van der Waals surface area contributed by atoms with Crippen molar-refractivity contribution < 1.29 is 0 Å². The Morgan fingerprint density at radius 2 is 1.24 bits per heavy atom. The van der Waals surface area contributed by atoms with E-state index in [4.69, 9.17) is 5.73 Å². The van der Waals surface area contributed by atoms with Gasteiger partial charge in [0.05, 0.1) is 5.69 Å². The maximum Gasteiger partial charge on any atom is 0.0708 e. The summed E-state index contributed by atoms with van der Waals surface area (Å²) in [6, 6.07) is 20.1. The minimum absolute atomic E-state index is 0. The van der Waals surface area contributed by atoms with Crippen LogP contribution in [0, 0.1) is 0 Å². The predicted molar refractivity (Wildman–Crippen MR) is 145 cm³/mol. The summed E-state index contributed by atoms with van der Waals surface area (Å²) in [6.45, 7) is 9.53. The minimum Gasteiger partial charge on any atom is -0.321 e. The number of fused-ring (bicyclic) bond motifs is 1. The fourth-order valence-electron chi connectivity index (χ4n) is 5.36. The maximum atomic E-state index is 6.49. The number of nitrogens with zero attached hydrogens (tertiary/aromatic N) is 1. The zero-order valence-electron chi connectivity index (χ0n) is 20.2. The van der Waals surface area contributed by atoms with Gasteiger partial charge in [-0.05, 0) is 82.9 Å². The van der Waals surface area contributed by atoms with Gasteiger partial charge in [0.2, 0.25) is 0 Å². The second-order valence-corrected chi connectivity index (χ2v) is 11.0. The third kappa shape index (κ3) is 4.58. The summed E-state index contributed by atoms with van der Waals surface area (Å²) in [4.78, 5) is 4.67. The van der Waals surface area contributed by atoms with Crippen molar-refractivity contribution in [1.29, 1.82) is 0 Å². The van der Waals surface area contributed by atoms with Gasteiger partial charge in [0.25, 0.3) is 0 Å². The Kier molecular flexibility index (Phi) is 7.07. The summed E-state index contributed by atoms with van der Waals surface area (Å²) in [5, 5.41) is 0. The van der Waals surface area contributed by atoms with Gasteiger partial charge in [0.15, 0.2) is 0 Å². The summed E-state index contributed by atoms with van der Waals surface area (Å²) in [5.74, 6) is 0. The first kappa shape index (κ1) is 25.7. The van der Waals surface area contributed by atoms with Crippen molar-refractivity contribution in [3.8, 4) is 22.4 Å². The van der Waals surface area contributed by atoms with Gasteiger partial charge >= 0.3 is 0 Å². The number of nitrogens with two attached hydrogens (primary N) is 1. The Hall–Kier alpha value is -1.87. The zero-order chi connectivity index (χ0) is 21.9. The molecule has 5 rings (SSSR count). The molecule has 0 aliphatic heterocycles. The molecule has 2 nitrogen and oxygen atoms in total. The van der Waals surface area contributed by atoms with Crippen molar-refractivity contribution in [3.05, 3.63) is 77.5 Å². The standard InChI is InChI=1S/C29H34N2.2ClH/c1-27(2)15-16-28(3,4)25-18-21(8-11-24(25)27)22-12-17-31-26(19-22)20-6-9-23(10-7-20)29(30)13-5-14-29;;/h6-12,17-19H,5,13-16,30H2,1-4H3;2*1H. The number of halogens is 2. The van der Waals surface area contributed by atoms with Crippen molar-refractivity contribution >= 4 is 24.8 Å². The lowest BCUT2D eigenvalue weighted by atomic mass is 9.63. The number of aromatic nitrogens is 1. The van der Waals surface area contributed by atoms with Gasteiger partial charge in [0, 0.05) is 17.3 Å². The van der Waals surface area contributed by atoms with E-state index in [1.165, 1.54) is 47.1 Å². The van der Waals surface area contributed by atoms with Crippen molar-refractivity contribution in [3.63, 3.8) is 0 Å². The van der Waals surface area contributed by atoms with Crippen molar-refractivity contribution in [1.82, 2.24) is 4.98 Å². The molecule has 2 aromatic carbocycles. The van der Waals surface area contributed by atoms with E-state index in [0.29, 0.717) is 0 Å². The predicted octanol–water partition coefficient (Wildman–Crippen LogP) is 7.95. The topological polar surface area (TPSA) is 38.9 Å². The third-order valence-corrected chi connectivity index (χ3v) is 7.95. The number of rotatable bonds is 3. The van der Waals surface area contributed by atoms with Gasteiger partial charge in [-0.15, -0.1) is 24.8 Å². The molecule has 0 amide bonds. The fraction of sp³-hybridized carbons (Fsp3) is 0.414. The van der Waals surface area contributed by atoms with Crippen molar-refractivity contribution in [2.45, 2.75) is 76.2 Å². The Morgan fingerprint density at radius 3 is 1.85 bits per heavy atom. The molecular formula is C29H36Cl2N2. The second-order valence-electron chi connectivity index (χ2n) is 11.0. The Morgan fingerprint density at radius 1 is 0.667 bits per heavy atom. The number of hydrogen-bond donors (Lipinski definition) is 1. The molecule has 0 saturated heterocycles. The fourth-order valence-corrected chi connectivity index (χ4v) is 5.36. The number of hydrogen-bond acceptors (Lipinski definition) is 2. The van der Waals surface area contributed by atoms with E-state index in [-0.39, 0.29) is 41.2 Å². The van der Waals surface area contributed by atoms with E-state index in [9.17, 15) is 0 Å². The highest BCUT2D eigenvalue weighted by molar-refractivity contribution is 5.85. The van der Waals surface area contributed by atoms with Crippen molar-refractivity contribution in [2.75, 3.05) is 0 Å².